The van der Waals surface area contributed by atoms with Crippen LogP contribution in [0.5, 0.6) is 0 Å². The van der Waals surface area contributed by atoms with Crippen LogP contribution in [-0.2, 0) is 4.79 Å². The molecule has 0 spiro atoms. The second-order valence-corrected chi connectivity index (χ2v) is 6.01. The minimum atomic E-state index is -0.550. The average Bonchev–Trinajstić information content (AvgIpc) is 3.00. The average molecular weight is 368 g/mol. The highest BCUT2D eigenvalue weighted by molar-refractivity contribution is 7.80. The minimum absolute atomic E-state index is 0.0431. The Hall–Kier alpha value is -2.29. The van der Waals surface area contributed by atoms with E-state index >= 15 is 0 Å². The van der Waals surface area contributed by atoms with Crippen LogP contribution in [0.3, 0.4) is 0 Å². The SMILES string of the molecule is O=C(C=Cc1cccs1)NC(=S)Nc1ccc([N+](=O)[O-])cc1Cl. The molecule has 0 bridgehead atoms. The number of benzene rings is 1. The number of nitro benzene ring substituents is 1. The van der Waals surface area contributed by atoms with Gasteiger partial charge in [-0.05, 0) is 35.8 Å². The number of non-ortho nitro benzene ring substituents is 1. The lowest BCUT2D eigenvalue weighted by atomic mass is 10.3. The summed E-state index contributed by atoms with van der Waals surface area (Å²) in [6.45, 7) is 0. The van der Waals surface area contributed by atoms with Crippen LogP contribution in [0.1, 0.15) is 4.88 Å². The van der Waals surface area contributed by atoms with E-state index in [0.717, 1.165) is 4.88 Å². The Morgan fingerprint density at radius 3 is 2.78 bits per heavy atom. The second kappa shape index (κ2) is 7.82. The normalized spacial score (nSPS) is 10.5. The molecule has 0 aliphatic rings. The van der Waals surface area contributed by atoms with Crippen molar-refractivity contribution in [2.45, 2.75) is 0 Å². The molecule has 2 N–H and O–H groups in total. The highest BCUT2D eigenvalue weighted by Gasteiger charge is 2.10. The summed E-state index contributed by atoms with van der Waals surface area (Å²) in [6, 6.07) is 7.66. The van der Waals surface area contributed by atoms with E-state index in [1.807, 2.05) is 17.5 Å². The van der Waals surface area contributed by atoms with Crippen LogP contribution < -0.4 is 10.6 Å². The lowest BCUT2D eigenvalue weighted by molar-refractivity contribution is -0.384. The molecule has 0 saturated heterocycles. The van der Waals surface area contributed by atoms with Crippen molar-refractivity contribution in [2.75, 3.05) is 5.32 Å². The maximum atomic E-state index is 11.7. The van der Waals surface area contributed by atoms with Gasteiger partial charge in [0.1, 0.15) is 0 Å². The van der Waals surface area contributed by atoms with E-state index in [4.69, 9.17) is 23.8 Å². The molecular weight excluding hydrogens is 358 g/mol. The minimum Gasteiger partial charge on any atom is -0.331 e. The van der Waals surface area contributed by atoms with E-state index in [1.54, 1.807) is 6.08 Å². The fourth-order valence-electron chi connectivity index (χ4n) is 1.57. The quantitative estimate of drug-likeness (QED) is 0.371. The molecule has 1 heterocycles. The largest absolute Gasteiger partial charge is 0.331 e. The van der Waals surface area contributed by atoms with Crippen molar-refractivity contribution in [3.8, 4) is 0 Å². The van der Waals surface area contributed by atoms with Crippen LogP contribution >= 0.6 is 35.2 Å². The van der Waals surface area contributed by atoms with Gasteiger partial charge < -0.3 is 5.32 Å². The Balaban J connectivity index is 1.94. The Labute approximate surface area is 145 Å². The molecule has 0 fully saturated rings. The molecule has 1 aromatic carbocycles. The van der Waals surface area contributed by atoms with Gasteiger partial charge in [0.25, 0.3) is 5.69 Å². The van der Waals surface area contributed by atoms with Gasteiger partial charge in [-0.3, -0.25) is 20.2 Å². The summed E-state index contributed by atoms with van der Waals surface area (Å²) in [5.74, 6) is -0.395. The standard InChI is InChI=1S/C14H10ClN3O3S2/c15-11-8-9(18(20)21)3-5-12(11)16-14(22)17-13(19)6-4-10-2-1-7-23-10/h1-8H,(H2,16,17,19,22). The Kier molecular flexibility index (Phi) is 5.80. The van der Waals surface area contributed by atoms with Crippen molar-refractivity contribution in [1.82, 2.24) is 5.32 Å². The molecular formula is C14H10ClN3O3S2. The number of hydrogen-bond donors (Lipinski definition) is 2. The molecule has 9 heteroatoms. The number of thiophene rings is 1. The number of thiocarbonyl (C=S) groups is 1. The van der Waals surface area contributed by atoms with Crippen LogP contribution in [0, 0.1) is 10.1 Å². The van der Waals surface area contributed by atoms with Crippen LogP contribution in [0.25, 0.3) is 6.08 Å². The Morgan fingerprint density at radius 2 is 2.17 bits per heavy atom. The summed E-state index contributed by atoms with van der Waals surface area (Å²) in [7, 11) is 0. The molecule has 1 aromatic heterocycles. The first-order chi connectivity index (χ1) is 11.0. The topological polar surface area (TPSA) is 84.3 Å². The summed E-state index contributed by atoms with van der Waals surface area (Å²) in [5.41, 5.74) is 0.235. The number of carbonyl (C=O) groups is 1. The van der Waals surface area contributed by atoms with E-state index < -0.39 is 10.8 Å². The highest BCUT2D eigenvalue weighted by atomic mass is 35.5. The first-order valence-electron chi connectivity index (χ1n) is 6.23. The lowest BCUT2D eigenvalue weighted by Gasteiger charge is -2.09. The predicted octanol–water partition coefficient (Wildman–Crippen LogP) is 3.84. The molecule has 0 aliphatic heterocycles. The van der Waals surface area contributed by atoms with Crippen LogP contribution in [0.2, 0.25) is 5.02 Å². The molecule has 0 aliphatic carbocycles. The van der Waals surface area contributed by atoms with Crippen molar-refractivity contribution < 1.29 is 9.72 Å². The molecule has 0 radical (unpaired) electrons. The first-order valence-corrected chi connectivity index (χ1v) is 7.90. The van der Waals surface area contributed by atoms with E-state index in [2.05, 4.69) is 10.6 Å². The third kappa shape index (κ3) is 5.13. The van der Waals surface area contributed by atoms with Crippen molar-refractivity contribution >= 4 is 63.6 Å². The number of hydrogen-bond acceptors (Lipinski definition) is 5. The first kappa shape index (κ1) is 17.1. The van der Waals surface area contributed by atoms with Gasteiger partial charge >= 0.3 is 0 Å². The number of nitro groups is 1. The van der Waals surface area contributed by atoms with Crippen molar-refractivity contribution in [1.29, 1.82) is 0 Å². The lowest BCUT2D eigenvalue weighted by Crippen LogP contribution is -2.32. The summed E-state index contributed by atoms with van der Waals surface area (Å²) in [4.78, 5) is 22.8. The van der Waals surface area contributed by atoms with E-state index in [-0.39, 0.29) is 15.8 Å². The Bertz CT molecular complexity index is 776. The third-order valence-electron chi connectivity index (χ3n) is 2.59. The number of halogens is 1. The van der Waals surface area contributed by atoms with Gasteiger partial charge in [-0.2, -0.15) is 0 Å². The van der Waals surface area contributed by atoms with Crippen LogP contribution in [0.15, 0.2) is 41.8 Å². The van der Waals surface area contributed by atoms with Crippen LogP contribution in [0.4, 0.5) is 11.4 Å². The maximum absolute atomic E-state index is 11.7. The van der Waals surface area contributed by atoms with Gasteiger partial charge in [-0.1, -0.05) is 17.7 Å². The number of carbonyl (C=O) groups excluding carboxylic acids is 1. The highest BCUT2D eigenvalue weighted by Crippen LogP contribution is 2.26. The number of nitrogens with zero attached hydrogens (tertiary/aromatic N) is 1. The zero-order valence-electron chi connectivity index (χ0n) is 11.5. The zero-order valence-corrected chi connectivity index (χ0v) is 13.9. The molecule has 2 aromatic rings. The molecule has 23 heavy (non-hydrogen) atoms. The summed E-state index contributed by atoms with van der Waals surface area (Å²) in [6.07, 6.45) is 3.03. The number of rotatable bonds is 4. The summed E-state index contributed by atoms with van der Waals surface area (Å²) >= 11 is 12.4. The van der Waals surface area contributed by atoms with Gasteiger partial charge in [0.05, 0.1) is 15.6 Å². The number of anilines is 1. The fourth-order valence-corrected chi connectivity index (χ4v) is 2.62. The predicted molar refractivity (Wildman–Crippen MR) is 95.8 cm³/mol. The van der Waals surface area contributed by atoms with E-state index in [9.17, 15) is 14.9 Å². The summed E-state index contributed by atoms with van der Waals surface area (Å²) in [5, 5.41) is 17.9. The van der Waals surface area contributed by atoms with E-state index in [0.29, 0.717) is 5.69 Å². The third-order valence-corrected chi connectivity index (χ3v) is 3.94. The van der Waals surface area contributed by atoms with Gasteiger partial charge in [0.15, 0.2) is 5.11 Å². The molecule has 118 valence electrons. The van der Waals surface area contributed by atoms with Gasteiger partial charge in [-0.25, -0.2) is 0 Å². The second-order valence-electron chi connectivity index (χ2n) is 4.21. The van der Waals surface area contributed by atoms with Gasteiger partial charge in [-0.15, -0.1) is 11.3 Å². The fraction of sp³-hybridized carbons (Fsp3) is 0. The Morgan fingerprint density at radius 1 is 1.39 bits per heavy atom. The number of nitrogens with one attached hydrogen (secondary N) is 2. The molecule has 2 rings (SSSR count). The smallest absolute Gasteiger partial charge is 0.271 e. The van der Waals surface area contributed by atoms with E-state index in [1.165, 1.54) is 35.6 Å². The van der Waals surface area contributed by atoms with Crippen LogP contribution in [-0.4, -0.2) is 15.9 Å². The molecule has 0 unspecified atom stereocenters. The molecule has 6 nitrogen and oxygen atoms in total. The van der Waals surface area contributed by atoms with Crippen molar-refractivity contribution in [3.63, 3.8) is 0 Å². The zero-order chi connectivity index (χ0) is 16.8. The maximum Gasteiger partial charge on any atom is 0.271 e. The molecule has 0 atom stereocenters. The molecule has 0 saturated carbocycles. The van der Waals surface area contributed by atoms with Crippen molar-refractivity contribution in [3.05, 3.63) is 61.8 Å². The molecule has 1 amide bonds. The monoisotopic (exact) mass is 367 g/mol. The summed E-state index contributed by atoms with van der Waals surface area (Å²) < 4.78 is 0. The van der Waals surface area contributed by atoms with Crippen molar-refractivity contribution in [2.24, 2.45) is 0 Å². The van der Waals surface area contributed by atoms with Gasteiger partial charge in [0.2, 0.25) is 5.91 Å². The number of amides is 1. The van der Waals surface area contributed by atoms with Gasteiger partial charge in [0, 0.05) is 23.1 Å².